The van der Waals surface area contributed by atoms with Crippen LogP contribution < -0.4 is 9.80 Å². The summed E-state index contributed by atoms with van der Waals surface area (Å²) >= 11 is 12.1. The highest BCUT2D eigenvalue weighted by atomic mass is 35.5. The van der Waals surface area contributed by atoms with Crippen molar-refractivity contribution < 1.29 is 9.90 Å². The van der Waals surface area contributed by atoms with E-state index < -0.39 is 11.3 Å². The third-order valence-electron chi connectivity index (χ3n) is 5.81. The number of anilines is 2. The number of hydrogen-bond donors (Lipinski definition) is 1. The lowest BCUT2D eigenvalue weighted by atomic mass is 9.83. The maximum Gasteiger partial charge on any atom is 0.332 e. The maximum atomic E-state index is 13.8. The molecule has 1 atom stereocenters. The van der Waals surface area contributed by atoms with Gasteiger partial charge in [-0.2, -0.15) is 0 Å². The smallest absolute Gasteiger partial charge is 0.332 e. The standard InChI is InChI=1S/C25H22Cl2N2O2/c1-4-17-6-5-7-18(16-17)25(31)24(2,3)28(21-12-8-19(26)9-13-21)23(30)29(25)22-14-10-20(27)11-15-22/h4-16,31H,1H2,2-3H3. The molecule has 2 amide bonds. The van der Waals surface area contributed by atoms with E-state index in [1.165, 1.54) is 4.90 Å². The van der Waals surface area contributed by atoms with Crippen LogP contribution in [-0.2, 0) is 5.72 Å². The fraction of sp³-hybridized carbons (Fsp3) is 0.160. The van der Waals surface area contributed by atoms with E-state index in [0.717, 1.165) is 5.56 Å². The van der Waals surface area contributed by atoms with Gasteiger partial charge < -0.3 is 5.11 Å². The van der Waals surface area contributed by atoms with Crippen LogP contribution >= 0.6 is 23.2 Å². The molecule has 1 unspecified atom stereocenters. The maximum absolute atomic E-state index is 13.8. The van der Waals surface area contributed by atoms with Crippen LogP contribution in [0, 0.1) is 0 Å². The lowest BCUT2D eigenvalue weighted by molar-refractivity contribution is -0.00248. The molecule has 0 spiro atoms. The Balaban J connectivity index is 1.97. The van der Waals surface area contributed by atoms with E-state index in [9.17, 15) is 9.90 Å². The van der Waals surface area contributed by atoms with Crippen molar-refractivity contribution in [3.8, 4) is 0 Å². The van der Waals surface area contributed by atoms with Crippen LogP contribution in [0.25, 0.3) is 6.08 Å². The predicted octanol–water partition coefficient (Wildman–Crippen LogP) is 6.71. The first-order chi connectivity index (χ1) is 14.7. The second kappa shape index (κ2) is 7.72. The molecular weight excluding hydrogens is 431 g/mol. The van der Waals surface area contributed by atoms with E-state index in [2.05, 4.69) is 6.58 Å². The highest BCUT2D eigenvalue weighted by molar-refractivity contribution is 6.31. The lowest BCUT2D eigenvalue weighted by Crippen LogP contribution is -2.56. The van der Waals surface area contributed by atoms with E-state index in [-0.39, 0.29) is 6.03 Å². The van der Waals surface area contributed by atoms with Crippen LogP contribution in [0.15, 0.2) is 79.4 Å². The van der Waals surface area contributed by atoms with Gasteiger partial charge in [-0.05, 0) is 74.0 Å². The van der Waals surface area contributed by atoms with Gasteiger partial charge in [-0.3, -0.25) is 9.80 Å². The summed E-state index contributed by atoms with van der Waals surface area (Å²) in [6.45, 7) is 7.52. The topological polar surface area (TPSA) is 43.8 Å². The van der Waals surface area contributed by atoms with E-state index in [4.69, 9.17) is 23.2 Å². The van der Waals surface area contributed by atoms with E-state index >= 15 is 0 Å². The monoisotopic (exact) mass is 452 g/mol. The molecule has 0 bridgehead atoms. The zero-order valence-corrected chi connectivity index (χ0v) is 18.7. The summed E-state index contributed by atoms with van der Waals surface area (Å²) in [5.74, 6) is 0. The molecule has 3 aromatic rings. The lowest BCUT2D eigenvalue weighted by Gasteiger charge is -2.42. The molecule has 1 fully saturated rings. The molecule has 1 aliphatic rings. The zero-order valence-electron chi connectivity index (χ0n) is 17.2. The molecule has 4 rings (SSSR count). The second-order valence-corrected chi connectivity index (χ2v) is 8.84. The average Bonchev–Trinajstić information content (AvgIpc) is 2.92. The van der Waals surface area contributed by atoms with Gasteiger partial charge in [-0.1, -0.05) is 54.1 Å². The van der Waals surface area contributed by atoms with Gasteiger partial charge in [-0.25, -0.2) is 4.79 Å². The molecule has 4 nitrogen and oxygen atoms in total. The first kappa shape index (κ1) is 21.4. The van der Waals surface area contributed by atoms with Crippen LogP contribution in [0.5, 0.6) is 0 Å². The summed E-state index contributed by atoms with van der Waals surface area (Å²) in [5.41, 5.74) is -0.141. The summed E-state index contributed by atoms with van der Waals surface area (Å²) in [5, 5.41) is 13.4. The van der Waals surface area contributed by atoms with E-state index in [1.807, 2.05) is 38.1 Å². The van der Waals surface area contributed by atoms with Crippen molar-refractivity contribution in [3.63, 3.8) is 0 Å². The van der Waals surface area contributed by atoms with Gasteiger partial charge in [0.05, 0.1) is 5.54 Å². The Hall–Kier alpha value is -2.79. The van der Waals surface area contributed by atoms with Crippen molar-refractivity contribution in [3.05, 3.63) is 101 Å². The second-order valence-electron chi connectivity index (χ2n) is 7.97. The molecule has 6 heteroatoms. The molecule has 0 saturated carbocycles. The SMILES string of the molecule is C=Cc1cccc(C2(O)N(c3ccc(Cl)cc3)C(=O)N(c3ccc(Cl)cc3)C2(C)C)c1. The third kappa shape index (κ3) is 3.32. The van der Waals surface area contributed by atoms with Gasteiger partial charge in [0.2, 0.25) is 0 Å². The quantitative estimate of drug-likeness (QED) is 0.477. The number of hydrogen-bond acceptors (Lipinski definition) is 2. The Morgan fingerprint density at radius 1 is 0.871 bits per heavy atom. The summed E-state index contributed by atoms with van der Waals surface area (Å²) in [6.07, 6.45) is 1.71. The zero-order chi connectivity index (χ0) is 22.4. The summed E-state index contributed by atoms with van der Waals surface area (Å²) in [6, 6.07) is 20.9. The molecule has 158 valence electrons. The number of carbonyl (C=O) groups excluding carboxylic acids is 1. The minimum atomic E-state index is -1.68. The van der Waals surface area contributed by atoms with Crippen molar-refractivity contribution >= 4 is 46.7 Å². The number of aliphatic hydroxyl groups is 1. The highest BCUT2D eigenvalue weighted by Crippen LogP contribution is 2.50. The van der Waals surface area contributed by atoms with Gasteiger partial charge in [0.1, 0.15) is 0 Å². The molecule has 1 aliphatic heterocycles. The molecular formula is C25H22Cl2N2O2. The number of urea groups is 1. The molecule has 1 heterocycles. The summed E-state index contributed by atoms with van der Waals surface area (Å²) in [4.78, 5) is 16.9. The number of carbonyl (C=O) groups is 1. The number of nitrogens with zero attached hydrogens (tertiary/aromatic N) is 2. The molecule has 0 aliphatic carbocycles. The number of halogens is 2. The van der Waals surface area contributed by atoms with Crippen LogP contribution in [0.1, 0.15) is 25.0 Å². The van der Waals surface area contributed by atoms with Crippen molar-refractivity contribution in [2.75, 3.05) is 9.80 Å². The van der Waals surface area contributed by atoms with Gasteiger partial charge in [0, 0.05) is 27.0 Å². The highest BCUT2D eigenvalue weighted by Gasteiger charge is 2.64. The predicted molar refractivity (Wildman–Crippen MR) is 128 cm³/mol. The fourth-order valence-corrected chi connectivity index (χ4v) is 4.43. The molecule has 1 N–H and O–H groups in total. The minimum Gasteiger partial charge on any atom is -0.365 e. The fourth-order valence-electron chi connectivity index (χ4n) is 4.18. The van der Waals surface area contributed by atoms with Crippen LogP contribution in [0.3, 0.4) is 0 Å². The summed E-state index contributed by atoms with van der Waals surface area (Å²) < 4.78 is 0. The Morgan fingerprint density at radius 2 is 1.39 bits per heavy atom. The largest absolute Gasteiger partial charge is 0.365 e. The summed E-state index contributed by atoms with van der Waals surface area (Å²) in [7, 11) is 0. The van der Waals surface area contributed by atoms with Crippen LogP contribution in [0.4, 0.5) is 16.2 Å². The first-order valence-corrected chi connectivity index (χ1v) is 10.6. The van der Waals surface area contributed by atoms with E-state index in [1.54, 1.807) is 59.5 Å². The number of benzene rings is 3. The van der Waals surface area contributed by atoms with Crippen molar-refractivity contribution in [2.24, 2.45) is 0 Å². The van der Waals surface area contributed by atoms with Gasteiger partial charge in [0.25, 0.3) is 0 Å². The normalized spacial score (nSPS) is 20.2. The Labute approximate surface area is 191 Å². The number of amides is 2. The molecule has 1 saturated heterocycles. The van der Waals surface area contributed by atoms with Crippen molar-refractivity contribution in [2.45, 2.75) is 25.1 Å². The Morgan fingerprint density at radius 3 is 1.90 bits per heavy atom. The van der Waals surface area contributed by atoms with Gasteiger partial charge >= 0.3 is 6.03 Å². The molecule has 0 aromatic heterocycles. The van der Waals surface area contributed by atoms with E-state index in [0.29, 0.717) is 27.0 Å². The average molecular weight is 453 g/mol. The van der Waals surface area contributed by atoms with Crippen LogP contribution in [0.2, 0.25) is 10.0 Å². The van der Waals surface area contributed by atoms with Gasteiger partial charge in [0.15, 0.2) is 5.72 Å². The number of rotatable bonds is 4. The van der Waals surface area contributed by atoms with Crippen molar-refractivity contribution in [1.82, 2.24) is 0 Å². The third-order valence-corrected chi connectivity index (χ3v) is 6.32. The Bertz CT molecular complexity index is 1140. The molecule has 31 heavy (non-hydrogen) atoms. The molecule has 3 aromatic carbocycles. The first-order valence-electron chi connectivity index (χ1n) is 9.81. The van der Waals surface area contributed by atoms with Crippen LogP contribution in [-0.4, -0.2) is 16.7 Å². The van der Waals surface area contributed by atoms with Crippen molar-refractivity contribution in [1.29, 1.82) is 0 Å². The van der Waals surface area contributed by atoms with Gasteiger partial charge in [-0.15, -0.1) is 0 Å². The Kier molecular flexibility index (Phi) is 5.34. The minimum absolute atomic E-state index is 0.360. The molecule has 0 radical (unpaired) electrons.